The van der Waals surface area contributed by atoms with E-state index in [-0.39, 0.29) is 0 Å². The van der Waals surface area contributed by atoms with Crippen LogP contribution in [0.4, 0.5) is 0 Å². The van der Waals surface area contributed by atoms with Crippen LogP contribution in [0, 0.1) is 0 Å². The second-order valence-electron chi connectivity index (χ2n) is 4.88. The zero-order valence-corrected chi connectivity index (χ0v) is 13.3. The highest BCUT2D eigenvalue weighted by molar-refractivity contribution is 7.89. The van der Waals surface area contributed by atoms with E-state index in [1.165, 1.54) is 0 Å². The molecule has 5 heteroatoms. The maximum absolute atomic E-state index is 12.1. The molecule has 4 nitrogen and oxygen atoms in total. The maximum atomic E-state index is 12.1. The topological polar surface area (TPSA) is 58.2 Å². The molecule has 0 unspecified atom stereocenters. The Balaban J connectivity index is 2.50. The van der Waals surface area contributed by atoms with Crippen molar-refractivity contribution in [1.29, 1.82) is 0 Å². The Hall–Kier alpha value is -0.910. The SMILES string of the molecule is CCCCCCNS(=O)(=O)c1ccc(CNCC)cc1. The van der Waals surface area contributed by atoms with Gasteiger partial charge in [-0.05, 0) is 30.7 Å². The smallest absolute Gasteiger partial charge is 0.240 e. The van der Waals surface area contributed by atoms with Crippen molar-refractivity contribution in [3.63, 3.8) is 0 Å². The lowest BCUT2D eigenvalue weighted by atomic mass is 10.2. The van der Waals surface area contributed by atoms with Crippen LogP contribution in [0.25, 0.3) is 0 Å². The molecular formula is C15H26N2O2S. The Labute approximate surface area is 123 Å². The lowest BCUT2D eigenvalue weighted by Crippen LogP contribution is -2.24. The highest BCUT2D eigenvalue weighted by Crippen LogP contribution is 2.10. The number of hydrogen-bond donors (Lipinski definition) is 2. The molecule has 0 radical (unpaired) electrons. The van der Waals surface area contributed by atoms with Crippen molar-refractivity contribution in [1.82, 2.24) is 10.0 Å². The highest BCUT2D eigenvalue weighted by Gasteiger charge is 2.12. The van der Waals surface area contributed by atoms with Crippen molar-refractivity contribution in [3.05, 3.63) is 29.8 Å². The first-order chi connectivity index (χ1) is 9.60. The number of nitrogens with one attached hydrogen (secondary N) is 2. The van der Waals surface area contributed by atoms with Crippen molar-refractivity contribution < 1.29 is 8.42 Å². The molecule has 0 spiro atoms. The van der Waals surface area contributed by atoms with Gasteiger partial charge < -0.3 is 5.32 Å². The third-order valence-electron chi connectivity index (χ3n) is 3.14. The monoisotopic (exact) mass is 298 g/mol. The number of sulfonamides is 1. The molecule has 0 aliphatic rings. The van der Waals surface area contributed by atoms with Crippen molar-refractivity contribution in [2.75, 3.05) is 13.1 Å². The summed E-state index contributed by atoms with van der Waals surface area (Å²) in [5.41, 5.74) is 1.09. The summed E-state index contributed by atoms with van der Waals surface area (Å²) in [7, 11) is -3.36. The molecule has 0 aromatic heterocycles. The Bertz CT molecular complexity index is 469. The average molecular weight is 298 g/mol. The third-order valence-corrected chi connectivity index (χ3v) is 4.61. The molecule has 0 bridgehead atoms. The first-order valence-electron chi connectivity index (χ1n) is 7.39. The highest BCUT2D eigenvalue weighted by atomic mass is 32.2. The zero-order valence-electron chi connectivity index (χ0n) is 12.5. The van der Waals surface area contributed by atoms with E-state index >= 15 is 0 Å². The van der Waals surface area contributed by atoms with Gasteiger partial charge in [0.05, 0.1) is 4.90 Å². The molecule has 1 aromatic rings. The van der Waals surface area contributed by atoms with Crippen molar-refractivity contribution in [2.24, 2.45) is 0 Å². The van der Waals surface area contributed by atoms with Crippen LogP contribution in [0.15, 0.2) is 29.2 Å². The summed E-state index contributed by atoms with van der Waals surface area (Å²) in [5.74, 6) is 0. The van der Waals surface area contributed by atoms with Gasteiger partial charge in [0, 0.05) is 13.1 Å². The van der Waals surface area contributed by atoms with E-state index in [4.69, 9.17) is 0 Å². The lowest BCUT2D eigenvalue weighted by Gasteiger charge is -2.08. The van der Waals surface area contributed by atoms with Crippen molar-refractivity contribution >= 4 is 10.0 Å². The molecule has 0 saturated heterocycles. The Morgan fingerprint density at radius 2 is 1.70 bits per heavy atom. The number of hydrogen-bond acceptors (Lipinski definition) is 3. The second-order valence-corrected chi connectivity index (χ2v) is 6.65. The number of unbranched alkanes of at least 4 members (excludes halogenated alkanes) is 3. The van der Waals surface area contributed by atoms with Gasteiger partial charge in [-0.25, -0.2) is 13.1 Å². The van der Waals surface area contributed by atoms with Gasteiger partial charge in [0.15, 0.2) is 0 Å². The molecule has 0 heterocycles. The minimum atomic E-state index is -3.36. The molecule has 0 atom stereocenters. The summed E-state index contributed by atoms with van der Waals surface area (Å²) < 4.78 is 26.8. The van der Waals surface area contributed by atoms with Crippen LogP contribution in [-0.4, -0.2) is 21.5 Å². The van der Waals surface area contributed by atoms with Crippen LogP contribution in [0.5, 0.6) is 0 Å². The molecule has 114 valence electrons. The fourth-order valence-electron chi connectivity index (χ4n) is 1.90. The van der Waals surface area contributed by atoms with E-state index in [0.717, 1.165) is 44.3 Å². The zero-order chi connectivity index (χ0) is 14.8. The fraction of sp³-hybridized carbons (Fsp3) is 0.600. The van der Waals surface area contributed by atoms with E-state index < -0.39 is 10.0 Å². The fourth-order valence-corrected chi connectivity index (χ4v) is 2.97. The minimum Gasteiger partial charge on any atom is -0.313 e. The summed E-state index contributed by atoms with van der Waals surface area (Å²) in [6.45, 7) is 6.36. The quantitative estimate of drug-likeness (QED) is 0.653. The van der Waals surface area contributed by atoms with Gasteiger partial charge in [-0.2, -0.15) is 0 Å². The van der Waals surface area contributed by atoms with E-state index in [9.17, 15) is 8.42 Å². The Morgan fingerprint density at radius 1 is 1.00 bits per heavy atom. The Morgan fingerprint density at radius 3 is 2.30 bits per heavy atom. The predicted molar refractivity (Wildman–Crippen MR) is 83.2 cm³/mol. The molecule has 1 aromatic carbocycles. The molecule has 0 aliphatic carbocycles. The largest absolute Gasteiger partial charge is 0.313 e. The lowest BCUT2D eigenvalue weighted by molar-refractivity contribution is 0.573. The van der Waals surface area contributed by atoms with Gasteiger partial charge in [0.25, 0.3) is 0 Å². The van der Waals surface area contributed by atoms with Gasteiger partial charge in [-0.1, -0.05) is 45.2 Å². The van der Waals surface area contributed by atoms with E-state index in [1.54, 1.807) is 12.1 Å². The Kier molecular flexibility index (Phi) is 7.80. The van der Waals surface area contributed by atoms with Crippen LogP contribution in [0.2, 0.25) is 0 Å². The average Bonchev–Trinajstić information content (AvgIpc) is 2.45. The molecule has 0 amide bonds. The van der Waals surface area contributed by atoms with Crippen LogP contribution in [0.1, 0.15) is 45.1 Å². The normalized spacial score (nSPS) is 11.7. The van der Waals surface area contributed by atoms with Crippen molar-refractivity contribution in [2.45, 2.75) is 51.0 Å². The maximum Gasteiger partial charge on any atom is 0.240 e. The first kappa shape index (κ1) is 17.1. The van der Waals surface area contributed by atoms with Gasteiger partial charge >= 0.3 is 0 Å². The summed E-state index contributed by atoms with van der Waals surface area (Å²) >= 11 is 0. The minimum absolute atomic E-state index is 0.341. The third kappa shape index (κ3) is 6.03. The molecule has 0 saturated carbocycles. The molecule has 0 aliphatic heterocycles. The van der Waals surface area contributed by atoms with Crippen molar-refractivity contribution in [3.8, 4) is 0 Å². The number of rotatable bonds is 10. The molecular weight excluding hydrogens is 272 g/mol. The van der Waals surface area contributed by atoms with Crippen LogP contribution in [0.3, 0.4) is 0 Å². The van der Waals surface area contributed by atoms with Gasteiger partial charge in [-0.3, -0.25) is 0 Å². The molecule has 2 N–H and O–H groups in total. The summed E-state index contributed by atoms with van der Waals surface area (Å²) in [6, 6.07) is 7.05. The summed E-state index contributed by atoms with van der Waals surface area (Å²) in [6.07, 6.45) is 4.27. The van der Waals surface area contributed by atoms with Crippen LogP contribution < -0.4 is 10.0 Å². The summed E-state index contributed by atoms with van der Waals surface area (Å²) in [4.78, 5) is 0.341. The van der Waals surface area contributed by atoms with Gasteiger partial charge in [0.1, 0.15) is 0 Å². The first-order valence-corrected chi connectivity index (χ1v) is 8.87. The summed E-state index contributed by atoms with van der Waals surface area (Å²) in [5, 5.41) is 3.21. The van der Waals surface area contributed by atoms with Crippen LogP contribution >= 0.6 is 0 Å². The molecule has 1 rings (SSSR count). The van der Waals surface area contributed by atoms with Gasteiger partial charge in [-0.15, -0.1) is 0 Å². The van der Waals surface area contributed by atoms with E-state index in [1.807, 2.05) is 19.1 Å². The molecule has 0 fully saturated rings. The number of benzene rings is 1. The van der Waals surface area contributed by atoms with Crippen LogP contribution in [-0.2, 0) is 16.6 Å². The van der Waals surface area contributed by atoms with E-state index in [2.05, 4.69) is 17.0 Å². The molecule has 20 heavy (non-hydrogen) atoms. The van der Waals surface area contributed by atoms with Gasteiger partial charge in [0.2, 0.25) is 10.0 Å². The predicted octanol–water partition coefficient (Wildman–Crippen LogP) is 2.65. The second kappa shape index (κ2) is 9.10. The standard InChI is InChI=1S/C15H26N2O2S/c1-3-5-6-7-12-17-20(18,19)15-10-8-14(9-11-15)13-16-4-2/h8-11,16-17H,3-7,12-13H2,1-2H3. The van der Waals surface area contributed by atoms with E-state index in [0.29, 0.717) is 11.4 Å².